The number of hydrogen-bond acceptors (Lipinski definition) is 3. The molecule has 98 valence electrons. The molecule has 1 N–H and O–H groups in total. The van der Waals surface area contributed by atoms with Crippen LogP contribution in [0.15, 0.2) is 30.3 Å². The van der Waals surface area contributed by atoms with Gasteiger partial charge in [-0.05, 0) is 25.0 Å². The Morgan fingerprint density at radius 3 is 2.44 bits per heavy atom. The molecular formula is C13H18NO3P. The fourth-order valence-electron chi connectivity index (χ4n) is 2.11. The SMILES string of the molecule is CC(C)[C@H]1NC(=O)[C@H](C)O[P@]1(=O)c1ccccc1. The van der Waals surface area contributed by atoms with E-state index < -0.39 is 19.3 Å². The van der Waals surface area contributed by atoms with E-state index in [-0.39, 0.29) is 11.8 Å². The summed E-state index contributed by atoms with van der Waals surface area (Å²) in [6.07, 6.45) is -0.675. The molecule has 0 radical (unpaired) electrons. The van der Waals surface area contributed by atoms with Gasteiger partial charge in [0.15, 0.2) is 0 Å². The van der Waals surface area contributed by atoms with E-state index in [9.17, 15) is 9.36 Å². The Labute approximate surface area is 107 Å². The lowest BCUT2D eigenvalue weighted by Gasteiger charge is -2.37. The zero-order chi connectivity index (χ0) is 13.3. The molecule has 2 rings (SSSR count). The molecule has 5 heteroatoms. The Morgan fingerprint density at radius 2 is 1.89 bits per heavy atom. The molecule has 0 spiro atoms. The van der Waals surface area contributed by atoms with Gasteiger partial charge in [-0.1, -0.05) is 32.0 Å². The molecule has 1 aliphatic rings. The van der Waals surface area contributed by atoms with Crippen LogP contribution in [0.1, 0.15) is 20.8 Å². The van der Waals surface area contributed by atoms with Gasteiger partial charge in [0.2, 0.25) is 5.91 Å². The molecule has 1 aliphatic heterocycles. The van der Waals surface area contributed by atoms with Crippen LogP contribution in [0.25, 0.3) is 0 Å². The van der Waals surface area contributed by atoms with Gasteiger partial charge in [-0.25, -0.2) is 0 Å². The molecule has 1 heterocycles. The zero-order valence-corrected chi connectivity index (χ0v) is 11.7. The predicted molar refractivity (Wildman–Crippen MR) is 71.0 cm³/mol. The number of hydrogen-bond donors (Lipinski definition) is 1. The summed E-state index contributed by atoms with van der Waals surface area (Å²) in [6.45, 7) is 5.49. The van der Waals surface area contributed by atoms with Crippen molar-refractivity contribution in [2.75, 3.05) is 0 Å². The third kappa shape index (κ3) is 2.23. The summed E-state index contributed by atoms with van der Waals surface area (Å²) in [5.41, 5.74) is 0. The maximum Gasteiger partial charge on any atom is 0.254 e. The Morgan fingerprint density at radius 1 is 1.28 bits per heavy atom. The number of carbonyl (C=O) groups excluding carboxylic acids is 1. The van der Waals surface area contributed by atoms with Crippen molar-refractivity contribution in [1.82, 2.24) is 5.32 Å². The molecule has 1 aromatic carbocycles. The predicted octanol–water partition coefficient (Wildman–Crippen LogP) is 2.11. The minimum atomic E-state index is -3.06. The largest absolute Gasteiger partial charge is 0.341 e. The fraction of sp³-hybridized carbons (Fsp3) is 0.462. The van der Waals surface area contributed by atoms with Crippen molar-refractivity contribution < 1.29 is 13.9 Å². The van der Waals surface area contributed by atoms with Gasteiger partial charge in [-0.2, -0.15) is 0 Å². The Kier molecular flexibility index (Phi) is 3.60. The van der Waals surface area contributed by atoms with Crippen LogP contribution in [-0.2, 0) is 13.9 Å². The van der Waals surface area contributed by atoms with E-state index in [0.29, 0.717) is 5.30 Å². The third-order valence-corrected chi connectivity index (χ3v) is 6.19. The van der Waals surface area contributed by atoms with E-state index in [1.807, 2.05) is 32.0 Å². The first kappa shape index (κ1) is 13.3. The van der Waals surface area contributed by atoms with E-state index >= 15 is 0 Å². The van der Waals surface area contributed by atoms with Gasteiger partial charge >= 0.3 is 0 Å². The summed E-state index contributed by atoms with van der Waals surface area (Å²) in [4.78, 5) is 11.7. The number of carbonyl (C=O) groups is 1. The molecule has 0 aromatic heterocycles. The Bertz CT molecular complexity index is 486. The lowest BCUT2D eigenvalue weighted by molar-refractivity contribution is -0.129. The standard InChI is InChI=1S/C13H18NO3P/c1-9(2)13-14-12(15)10(3)17-18(13,16)11-7-5-4-6-8-11/h4-10,13H,1-3H3,(H,14,15)/t10-,13-,18+/m0/s1. The first-order valence-electron chi connectivity index (χ1n) is 6.09. The molecule has 0 unspecified atom stereocenters. The molecule has 3 atom stereocenters. The topological polar surface area (TPSA) is 55.4 Å². The fourth-order valence-corrected chi connectivity index (χ4v) is 4.92. The Hall–Kier alpha value is -1.12. The van der Waals surface area contributed by atoms with Crippen LogP contribution in [0, 0.1) is 5.92 Å². The van der Waals surface area contributed by atoms with Crippen LogP contribution >= 0.6 is 7.37 Å². The lowest BCUT2D eigenvalue weighted by Crippen LogP contribution is -2.50. The number of amides is 1. The summed E-state index contributed by atoms with van der Waals surface area (Å²) in [5, 5.41) is 3.49. The number of rotatable bonds is 2. The first-order chi connectivity index (χ1) is 8.45. The van der Waals surface area contributed by atoms with E-state index in [1.54, 1.807) is 19.1 Å². The van der Waals surface area contributed by atoms with Crippen molar-refractivity contribution in [1.29, 1.82) is 0 Å². The average Bonchev–Trinajstić information content (AvgIpc) is 2.34. The van der Waals surface area contributed by atoms with Crippen molar-refractivity contribution in [2.24, 2.45) is 5.92 Å². The highest BCUT2D eigenvalue weighted by Gasteiger charge is 2.45. The number of benzene rings is 1. The number of nitrogens with one attached hydrogen (secondary N) is 1. The molecular weight excluding hydrogens is 249 g/mol. The van der Waals surface area contributed by atoms with Crippen LogP contribution in [0.5, 0.6) is 0 Å². The summed E-state index contributed by atoms with van der Waals surface area (Å²) in [7, 11) is -3.06. The van der Waals surface area contributed by atoms with Gasteiger partial charge in [0, 0.05) is 5.30 Å². The van der Waals surface area contributed by atoms with Crippen LogP contribution < -0.4 is 10.6 Å². The normalized spacial score (nSPS) is 32.3. The Balaban J connectivity index is 2.45. The van der Waals surface area contributed by atoms with Gasteiger partial charge in [0.1, 0.15) is 11.9 Å². The van der Waals surface area contributed by atoms with Gasteiger partial charge in [0.25, 0.3) is 7.37 Å². The van der Waals surface area contributed by atoms with Gasteiger partial charge in [0.05, 0.1) is 0 Å². The molecule has 1 saturated heterocycles. The van der Waals surface area contributed by atoms with Crippen molar-refractivity contribution in [3.05, 3.63) is 30.3 Å². The van der Waals surface area contributed by atoms with E-state index in [1.165, 1.54) is 0 Å². The molecule has 1 fully saturated rings. The van der Waals surface area contributed by atoms with Gasteiger partial charge in [-0.15, -0.1) is 0 Å². The van der Waals surface area contributed by atoms with E-state index in [4.69, 9.17) is 4.52 Å². The minimum Gasteiger partial charge on any atom is -0.341 e. The van der Waals surface area contributed by atoms with Crippen LogP contribution in [0.2, 0.25) is 0 Å². The molecule has 0 saturated carbocycles. The van der Waals surface area contributed by atoms with E-state index in [2.05, 4.69) is 5.32 Å². The van der Waals surface area contributed by atoms with Crippen molar-refractivity contribution in [2.45, 2.75) is 32.7 Å². The lowest BCUT2D eigenvalue weighted by atomic mass is 10.2. The molecule has 0 bridgehead atoms. The van der Waals surface area contributed by atoms with Crippen LogP contribution in [0.3, 0.4) is 0 Å². The highest BCUT2D eigenvalue weighted by atomic mass is 31.2. The molecule has 18 heavy (non-hydrogen) atoms. The van der Waals surface area contributed by atoms with Crippen molar-refractivity contribution >= 4 is 18.6 Å². The average molecular weight is 267 g/mol. The minimum absolute atomic E-state index is 0.0486. The third-order valence-electron chi connectivity index (χ3n) is 3.09. The smallest absolute Gasteiger partial charge is 0.254 e. The van der Waals surface area contributed by atoms with E-state index in [0.717, 1.165) is 0 Å². The quantitative estimate of drug-likeness (QED) is 0.835. The summed E-state index contributed by atoms with van der Waals surface area (Å²) in [6, 6.07) is 9.11. The maximum absolute atomic E-state index is 13.1. The molecule has 4 nitrogen and oxygen atoms in total. The second-order valence-electron chi connectivity index (χ2n) is 4.88. The van der Waals surface area contributed by atoms with Gasteiger partial charge in [-0.3, -0.25) is 9.36 Å². The molecule has 0 aliphatic carbocycles. The van der Waals surface area contributed by atoms with Crippen molar-refractivity contribution in [3.8, 4) is 0 Å². The second kappa shape index (κ2) is 4.87. The monoisotopic (exact) mass is 267 g/mol. The van der Waals surface area contributed by atoms with Crippen LogP contribution in [-0.4, -0.2) is 17.8 Å². The van der Waals surface area contributed by atoms with Crippen molar-refractivity contribution in [3.63, 3.8) is 0 Å². The molecule has 1 aromatic rings. The zero-order valence-electron chi connectivity index (χ0n) is 10.8. The molecule has 1 amide bonds. The summed E-state index contributed by atoms with van der Waals surface area (Å²) in [5.74, 6) is -0.604. The summed E-state index contributed by atoms with van der Waals surface area (Å²) < 4.78 is 18.7. The van der Waals surface area contributed by atoms with Crippen LogP contribution in [0.4, 0.5) is 0 Å². The second-order valence-corrected chi connectivity index (χ2v) is 7.36. The summed E-state index contributed by atoms with van der Waals surface area (Å²) >= 11 is 0. The maximum atomic E-state index is 13.1. The highest BCUT2D eigenvalue weighted by molar-refractivity contribution is 7.67. The highest BCUT2D eigenvalue weighted by Crippen LogP contribution is 2.55. The van der Waals surface area contributed by atoms with Gasteiger partial charge < -0.3 is 9.84 Å². The first-order valence-corrected chi connectivity index (χ1v) is 7.78.